The van der Waals surface area contributed by atoms with E-state index in [1.807, 2.05) is 30.3 Å². The Kier molecular flexibility index (Phi) is 5.83. The average Bonchev–Trinajstić information content (AvgIpc) is 3.24. The van der Waals surface area contributed by atoms with Crippen LogP contribution in [-0.4, -0.2) is 41.6 Å². The fourth-order valence-corrected chi connectivity index (χ4v) is 5.79. The summed E-state index contributed by atoms with van der Waals surface area (Å²) >= 11 is 0. The summed E-state index contributed by atoms with van der Waals surface area (Å²) in [6, 6.07) is 14.8. The Morgan fingerprint density at radius 1 is 1.00 bits per heavy atom. The van der Waals surface area contributed by atoms with Gasteiger partial charge in [0.25, 0.3) is 5.91 Å². The average molecular weight is 452 g/mol. The van der Waals surface area contributed by atoms with Gasteiger partial charge in [-0.25, -0.2) is 9.18 Å². The molecule has 2 saturated carbocycles. The largest absolute Gasteiger partial charge is 0.375 e. The third kappa shape index (κ3) is 4.22. The van der Waals surface area contributed by atoms with Crippen molar-refractivity contribution in [1.82, 2.24) is 10.2 Å². The van der Waals surface area contributed by atoms with Gasteiger partial charge >= 0.3 is 6.03 Å². The number of carbonyl (C=O) groups is 2. The number of nitrogens with one attached hydrogen (secondary N) is 2. The smallest absolute Gasteiger partial charge is 0.321 e. The number of piperidine rings is 1. The number of urea groups is 1. The summed E-state index contributed by atoms with van der Waals surface area (Å²) in [4.78, 5) is 27.5. The van der Waals surface area contributed by atoms with Gasteiger partial charge in [0.1, 0.15) is 5.82 Å². The number of amides is 3. The molecule has 3 N–H and O–H groups in total. The Labute approximate surface area is 193 Å². The van der Waals surface area contributed by atoms with Gasteiger partial charge in [-0.1, -0.05) is 43.2 Å². The van der Waals surface area contributed by atoms with Crippen molar-refractivity contribution in [2.45, 2.75) is 31.3 Å². The Hall–Kier alpha value is -2.93. The lowest BCUT2D eigenvalue weighted by atomic mass is 9.79. The first-order chi connectivity index (χ1) is 16.0. The molecule has 33 heavy (non-hydrogen) atoms. The molecule has 0 bridgehead atoms. The normalized spacial score (nSPS) is 25.9. The quantitative estimate of drug-likeness (QED) is 0.626. The summed E-state index contributed by atoms with van der Waals surface area (Å²) in [7, 11) is 0. The second-order valence-electron chi connectivity index (χ2n) is 9.66. The Balaban J connectivity index is 1.15. The zero-order valence-corrected chi connectivity index (χ0v) is 18.5. The van der Waals surface area contributed by atoms with Gasteiger partial charge in [0.2, 0.25) is 0 Å². The number of aliphatic hydroxyl groups is 1. The van der Waals surface area contributed by atoms with E-state index in [4.69, 9.17) is 0 Å². The molecule has 2 aliphatic carbocycles. The third-order valence-corrected chi connectivity index (χ3v) is 7.76. The molecule has 174 valence electrons. The molecule has 1 heterocycles. The van der Waals surface area contributed by atoms with E-state index < -0.39 is 5.60 Å². The molecule has 0 spiro atoms. The minimum atomic E-state index is -1.50. The van der Waals surface area contributed by atoms with Crippen molar-refractivity contribution in [3.05, 3.63) is 66.0 Å². The van der Waals surface area contributed by atoms with E-state index in [-0.39, 0.29) is 23.7 Å². The molecular formula is C26H30FN3O3. The summed E-state index contributed by atoms with van der Waals surface area (Å²) in [6.07, 6.45) is 3.78. The van der Waals surface area contributed by atoms with E-state index in [2.05, 4.69) is 10.6 Å². The van der Waals surface area contributed by atoms with Crippen LogP contribution < -0.4 is 10.6 Å². The highest BCUT2D eigenvalue weighted by atomic mass is 19.1. The Morgan fingerprint density at radius 2 is 1.64 bits per heavy atom. The lowest BCUT2D eigenvalue weighted by Gasteiger charge is -2.33. The van der Waals surface area contributed by atoms with Crippen LogP contribution in [0.15, 0.2) is 54.6 Å². The van der Waals surface area contributed by atoms with Gasteiger partial charge in [0.15, 0.2) is 5.60 Å². The first kappa shape index (κ1) is 21.9. The van der Waals surface area contributed by atoms with Crippen LogP contribution in [0.25, 0.3) is 0 Å². The summed E-state index contributed by atoms with van der Waals surface area (Å²) in [5, 5.41) is 17.4. The number of benzene rings is 2. The molecule has 3 aliphatic rings. The number of carbonyl (C=O) groups excluding carboxylic acids is 2. The molecule has 2 aromatic rings. The van der Waals surface area contributed by atoms with Crippen LogP contribution >= 0.6 is 0 Å². The Morgan fingerprint density at radius 3 is 2.27 bits per heavy atom. The zero-order chi connectivity index (χ0) is 23.0. The predicted molar refractivity (Wildman–Crippen MR) is 123 cm³/mol. The van der Waals surface area contributed by atoms with Crippen LogP contribution in [0.1, 0.15) is 31.2 Å². The molecule has 0 aromatic heterocycles. The van der Waals surface area contributed by atoms with Crippen LogP contribution in [0.3, 0.4) is 0 Å². The van der Waals surface area contributed by atoms with Gasteiger partial charge in [-0.2, -0.15) is 0 Å². The summed E-state index contributed by atoms with van der Waals surface area (Å²) < 4.78 is 13.0. The van der Waals surface area contributed by atoms with E-state index in [9.17, 15) is 19.1 Å². The highest BCUT2D eigenvalue weighted by molar-refractivity contribution is 5.89. The van der Waals surface area contributed by atoms with E-state index in [0.717, 1.165) is 25.7 Å². The molecule has 6 nitrogen and oxygen atoms in total. The molecule has 3 unspecified atom stereocenters. The van der Waals surface area contributed by atoms with Gasteiger partial charge < -0.3 is 20.6 Å². The van der Waals surface area contributed by atoms with Crippen molar-refractivity contribution in [1.29, 1.82) is 0 Å². The number of likely N-dealkylation sites (tertiary alicyclic amines) is 1. The minimum absolute atomic E-state index is 0.0655. The van der Waals surface area contributed by atoms with E-state index in [1.165, 1.54) is 12.1 Å². The van der Waals surface area contributed by atoms with Crippen molar-refractivity contribution >= 4 is 17.6 Å². The molecule has 1 aliphatic heterocycles. The van der Waals surface area contributed by atoms with Crippen LogP contribution in [-0.2, 0) is 10.4 Å². The molecule has 7 heteroatoms. The van der Waals surface area contributed by atoms with Gasteiger partial charge in [0, 0.05) is 31.2 Å². The highest BCUT2D eigenvalue weighted by Crippen LogP contribution is 2.51. The molecule has 3 amide bonds. The van der Waals surface area contributed by atoms with E-state index in [0.29, 0.717) is 48.6 Å². The number of hydrogen-bond donors (Lipinski definition) is 3. The fourth-order valence-electron chi connectivity index (χ4n) is 5.79. The summed E-state index contributed by atoms with van der Waals surface area (Å²) in [5.41, 5.74) is -0.269. The van der Waals surface area contributed by atoms with Crippen molar-refractivity contribution in [2.75, 3.05) is 25.0 Å². The number of hydrogen-bond acceptors (Lipinski definition) is 3. The lowest BCUT2D eigenvalue weighted by Crippen LogP contribution is -2.49. The third-order valence-electron chi connectivity index (χ3n) is 7.76. The molecule has 5 rings (SSSR count). The second kappa shape index (κ2) is 8.78. The maximum Gasteiger partial charge on any atom is 0.321 e. The van der Waals surface area contributed by atoms with Gasteiger partial charge in [-0.15, -0.1) is 0 Å². The first-order valence-electron chi connectivity index (χ1n) is 11.8. The fraction of sp³-hybridized carbons (Fsp3) is 0.462. The molecule has 0 radical (unpaired) electrons. The molecule has 1 saturated heterocycles. The van der Waals surface area contributed by atoms with Crippen molar-refractivity contribution < 1.29 is 19.1 Å². The topological polar surface area (TPSA) is 81.7 Å². The SMILES string of the molecule is O=C(Nc1ccc(F)cc1)N1CC2C(CNC(=O)C(O)(c3ccccc3)C3CCCC3)C2C1. The van der Waals surface area contributed by atoms with Crippen molar-refractivity contribution in [2.24, 2.45) is 23.7 Å². The van der Waals surface area contributed by atoms with Crippen molar-refractivity contribution in [3.63, 3.8) is 0 Å². The first-order valence-corrected chi connectivity index (χ1v) is 11.8. The number of nitrogens with zero attached hydrogens (tertiary/aromatic N) is 1. The van der Waals surface area contributed by atoms with Crippen LogP contribution in [0, 0.1) is 29.5 Å². The zero-order valence-electron chi connectivity index (χ0n) is 18.5. The van der Waals surface area contributed by atoms with Crippen LogP contribution in [0.4, 0.5) is 14.9 Å². The number of halogens is 1. The Bertz CT molecular complexity index is 997. The van der Waals surface area contributed by atoms with Gasteiger partial charge in [-0.3, -0.25) is 4.79 Å². The van der Waals surface area contributed by atoms with Crippen molar-refractivity contribution in [3.8, 4) is 0 Å². The maximum atomic E-state index is 13.2. The molecule has 3 atom stereocenters. The monoisotopic (exact) mass is 451 g/mol. The van der Waals surface area contributed by atoms with E-state index >= 15 is 0 Å². The number of anilines is 1. The van der Waals surface area contributed by atoms with Crippen LogP contribution in [0.2, 0.25) is 0 Å². The lowest BCUT2D eigenvalue weighted by molar-refractivity contribution is -0.147. The van der Waals surface area contributed by atoms with Crippen LogP contribution in [0.5, 0.6) is 0 Å². The second-order valence-corrected chi connectivity index (χ2v) is 9.66. The number of fused-ring (bicyclic) bond motifs is 1. The highest BCUT2D eigenvalue weighted by Gasteiger charge is 2.57. The summed E-state index contributed by atoms with van der Waals surface area (Å²) in [5.74, 6) is 0.335. The van der Waals surface area contributed by atoms with Gasteiger partial charge in [0.05, 0.1) is 0 Å². The standard InChI is InChI=1S/C26H30FN3O3/c27-19-10-12-20(13-11-19)29-25(32)30-15-22-21(23(22)16-30)14-28-24(31)26(33,18-8-4-5-9-18)17-6-2-1-3-7-17/h1-3,6-7,10-13,18,21-23,33H,4-5,8-9,14-16H2,(H,28,31)(H,29,32). The summed E-state index contributed by atoms with van der Waals surface area (Å²) in [6.45, 7) is 1.80. The van der Waals surface area contributed by atoms with E-state index in [1.54, 1.807) is 17.0 Å². The number of rotatable bonds is 6. The minimum Gasteiger partial charge on any atom is -0.375 e. The predicted octanol–water partition coefficient (Wildman–Crippen LogP) is 3.73. The molecular weight excluding hydrogens is 421 g/mol. The molecule has 2 aromatic carbocycles. The molecule has 3 fully saturated rings. The van der Waals surface area contributed by atoms with Gasteiger partial charge in [-0.05, 0) is 60.4 Å². The maximum absolute atomic E-state index is 13.2.